The van der Waals surface area contributed by atoms with Gasteiger partial charge in [0.2, 0.25) is 0 Å². The number of hydrogen-bond acceptors (Lipinski definition) is 8. The van der Waals surface area contributed by atoms with Gasteiger partial charge in [-0.15, -0.1) is 0 Å². The minimum Gasteiger partial charge on any atom is -0.482 e. The summed E-state index contributed by atoms with van der Waals surface area (Å²) in [6.07, 6.45) is 5.34. The highest BCUT2D eigenvalue weighted by atomic mass is 19.1. The third-order valence-corrected chi connectivity index (χ3v) is 5.82. The maximum Gasteiger partial charge on any atom is 0.166 e. The fourth-order valence-corrected chi connectivity index (χ4v) is 3.83. The lowest BCUT2D eigenvalue weighted by Crippen LogP contribution is -2.22. The first-order valence-electron chi connectivity index (χ1n) is 10.9. The van der Waals surface area contributed by atoms with Gasteiger partial charge in [0.05, 0.1) is 11.4 Å². The average Bonchev–Trinajstić information content (AvgIpc) is 3.63. The number of fused-ring (bicyclic) bond motifs is 3. The molecule has 1 aromatic heterocycles. The fourth-order valence-electron chi connectivity index (χ4n) is 3.83. The number of hydrazone groups is 1. The van der Waals surface area contributed by atoms with Crippen LogP contribution in [-0.4, -0.2) is 36.2 Å². The second-order valence-electron chi connectivity index (χ2n) is 8.31. The van der Waals surface area contributed by atoms with Crippen molar-refractivity contribution >= 4 is 29.2 Å². The van der Waals surface area contributed by atoms with Gasteiger partial charge in [-0.05, 0) is 55.5 Å². The van der Waals surface area contributed by atoms with Gasteiger partial charge >= 0.3 is 0 Å². The maximum atomic E-state index is 14.2. The van der Waals surface area contributed by atoms with Crippen molar-refractivity contribution in [2.75, 3.05) is 19.3 Å². The lowest BCUT2D eigenvalue weighted by molar-refractivity contribution is 0.226. The highest BCUT2D eigenvalue weighted by Gasteiger charge is 2.25. The van der Waals surface area contributed by atoms with Crippen LogP contribution < -0.4 is 22.0 Å². The number of nitrogen functional groups attached to an aromatic ring is 1. The molecule has 9 heteroatoms. The van der Waals surface area contributed by atoms with Crippen LogP contribution in [0.4, 0.5) is 10.2 Å². The predicted molar refractivity (Wildman–Crippen MR) is 130 cm³/mol. The number of hydrogen-bond donors (Lipinski definition) is 3. The quantitative estimate of drug-likeness (QED) is 0.375. The molecule has 2 aromatic rings. The summed E-state index contributed by atoms with van der Waals surface area (Å²) in [6, 6.07) is 6.18. The molecule has 0 radical (unpaired) electrons. The zero-order valence-corrected chi connectivity index (χ0v) is 18.8. The molecule has 0 amide bonds. The molecule has 8 nitrogen and oxygen atoms in total. The highest BCUT2D eigenvalue weighted by molar-refractivity contribution is 6.49. The Labute approximate surface area is 192 Å². The molecule has 1 atom stereocenters. The molecule has 2 heterocycles. The Morgan fingerprint density at radius 1 is 1.24 bits per heavy atom. The smallest absolute Gasteiger partial charge is 0.166 e. The summed E-state index contributed by atoms with van der Waals surface area (Å²) in [5.74, 6) is 6.60. The van der Waals surface area contributed by atoms with E-state index in [-0.39, 0.29) is 12.2 Å². The summed E-state index contributed by atoms with van der Waals surface area (Å²) < 4.78 is 20.3. The van der Waals surface area contributed by atoms with Gasteiger partial charge in [0, 0.05) is 54.8 Å². The van der Waals surface area contributed by atoms with Crippen LogP contribution in [0.15, 0.2) is 51.1 Å². The number of ether oxygens (including phenoxy) is 1. The van der Waals surface area contributed by atoms with Gasteiger partial charge in [-0.1, -0.05) is 0 Å². The molecular formula is C24H28FN7O. The Bertz CT molecular complexity index is 1180. The number of rotatable bonds is 3. The minimum absolute atomic E-state index is 0.218. The lowest BCUT2D eigenvalue weighted by atomic mass is 9.93. The normalized spacial score (nSPS) is 21.6. The average molecular weight is 450 g/mol. The number of pyridine rings is 1. The van der Waals surface area contributed by atoms with E-state index in [1.54, 1.807) is 31.6 Å². The first kappa shape index (κ1) is 22.4. The van der Waals surface area contributed by atoms with E-state index in [1.165, 1.54) is 12.1 Å². The number of aromatic nitrogens is 1. The zero-order valence-electron chi connectivity index (χ0n) is 18.8. The number of allylic oxidation sites excluding steroid dienone is 1. The second kappa shape index (κ2) is 9.40. The van der Waals surface area contributed by atoms with Gasteiger partial charge in [0.1, 0.15) is 11.9 Å². The van der Waals surface area contributed by atoms with Crippen LogP contribution in [0.2, 0.25) is 0 Å². The van der Waals surface area contributed by atoms with Crippen molar-refractivity contribution in [3.05, 3.63) is 58.5 Å². The summed E-state index contributed by atoms with van der Waals surface area (Å²) in [5.41, 5.74) is 16.9. The molecule has 1 saturated carbocycles. The van der Waals surface area contributed by atoms with Crippen molar-refractivity contribution in [1.82, 2.24) is 4.98 Å². The van der Waals surface area contributed by atoms with E-state index < -0.39 is 11.9 Å². The fraction of sp³-hybridized carbons (Fsp3) is 0.333. The van der Waals surface area contributed by atoms with Crippen molar-refractivity contribution in [3.8, 4) is 5.75 Å². The Balaban J connectivity index is 1.95. The van der Waals surface area contributed by atoms with E-state index in [4.69, 9.17) is 27.0 Å². The van der Waals surface area contributed by atoms with Gasteiger partial charge < -0.3 is 22.0 Å². The first-order chi connectivity index (χ1) is 15.9. The van der Waals surface area contributed by atoms with Crippen molar-refractivity contribution in [2.45, 2.75) is 32.3 Å². The lowest BCUT2D eigenvalue weighted by Gasteiger charge is -2.22. The van der Waals surface area contributed by atoms with E-state index in [0.717, 1.165) is 12.8 Å². The molecule has 33 heavy (non-hydrogen) atoms. The van der Waals surface area contributed by atoms with Crippen LogP contribution in [0, 0.1) is 11.7 Å². The van der Waals surface area contributed by atoms with Crippen molar-refractivity contribution < 1.29 is 9.13 Å². The van der Waals surface area contributed by atoms with E-state index in [1.807, 2.05) is 6.92 Å². The van der Waals surface area contributed by atoms with Gasteiger partial charge in [0.15, 0.2) is 11.6 Å². The molecule has 0 spiro atoms. The molecule has 4 rings (SSSR count). The number of nitrogens with two attached hydrogens (primary N) is 3. The first-order valence-corrected chi connectivity index (χ1v) is 10.9. The summed E-state index contributed by atoms with van der Waals surface area (Å²) in [5, 5.41) is 4.06. The highest BCUT2D eigenvalue weighted by Crippen LogP contribution is 2.33. The Morgan fingerprint density at radius 2 is 2.03 bits per heavy atom. The van der Waals surface area contributed by atoms with Crippen molar-refractivity contribution in [3.63, 3.8) is 0 Å². The van der Waals surface area contributed by atoms with Crippen molar-refractivity contribution in [1.29, 1.82) is 0 Å². The molecule has 2 bridgehead atoms. The molecule has 2 aliphatic rings. The Hall–Kier alpha value is -3.75. The van der Waals surface area contributed by atoms with E-state index in [9.17, 15) is 4.39 Å². The molecule has 1 aliphatic heterocycles. The summed E-state index contributed by atoms with van der Waals surface area (Å²) in [4.78, 5) is 13.3. The third kappa shape index (κ3) is 4.87. The number of benzene rings is 1. The van der Waals surface area contributed by atoms with Gasteiger partial charge in [-0.2, -0.15) is 5.10 Å². The second-order valence-corrected chi connectivity index (χ2v) is 8.31. The van der Waals surface area contributed by atoms with Crippen LogP contribution in [0.1, 0.15) is 49.0 Å². The summed E-state index contributed by atoms with van der Waals surface area (Å²) in [7, 11) is 1.66. The van der Waals surface area contributed by atoms with Crippen LogP contribution in [-0.2, 0) is 0 Å². The largest absolute Gasteiger partial charge is 0.482 e. The molecule has 1 aromatic carbocycles. The monoisotopic (exact) mass is 449 g/mol. The van der Waals surface area contributed by atoms with Crippen LogP contribution >= 0.6 is 0 Å². The number of aliphatic imine (C=N–C) groups is 2. The zero-order chi connectivity index (χ0) is 23.5. The number of halogens is 1. The molecule has 1 aliphatic carbocycles. The number of anilines is 1. The minimum atomic E-state index is -0.553. The molecule has 1 fully saturated rings. The van der Waals surface area contributed by atoms with E-state index >= 15 is 0 Å². The summed E-state index contributed by atoms with van der Waals surface area (Å²) >= 11 is 0. The molecule has 6 N–H and O–H groups in total. The third-order valence-electron chi connectivity index (χ3n) is 5.82. The topological polar surface area (TPSA) is 137 Å². The molecule has 172 valence electrons. The molecular weight excluding hydrogens is 421 g/mol. The van der Waals surface area contributed by atoms with E-state index in [2.05, 4.69) is 15.1 Å². The van der Waals surface area contributed by atoms with Gasteiger partial charge in [-0.3, -0.25) is 9.98 Å². The van der Waals surface area contributed by atoms with Crippen LogP contribution in [0.25, 0.3) is 5.70 Å². The van der Waals surface area contributed by atoms with E-state index in [0.29, 0.717) is 57.6 Å². The van der Waals surface area contributed by atoms with Crippen LogP contribution in [0.3, 0.4) is 0 Å². The summed E-state index contributed by atoms with van der Waals surface area (Å²) in [6.45, 7) is 2.48. The van der Waals surface area contributed by atoms with Crippen LogP contribution in [0.5, 0.6) is 5.75 Å². The molecule has 0 saturated heterocycles. The number of nitrogens with zero attached hydrogens (tertiary/aromatic N) is 4. The Morgan fingerprint density at radius 3 is 2.73 bits per heavy atom. The van der Waals surface area contributed by atoms with Crippen molar-refractivity contribution in [2.24, 2.45) is 32.6 Å². The predicted octanol–water partition coefficient (Wildman–Crippen LogP) is 3.23. The SMILES string of the molecule is CN=CC1=C(N)c2ccc(F)cc2C(C)Oc2cc(cnc2N)C(=NCC2CC2)C(=NN)C1. The van der Waals surface area contributed by atoms with Gasteiger partial charge in [-0.25, -0.2) is 9.37 Å². The molecule has 1 unspecified atom stereocenters. The maximum absolute atomic E-state index is 14.2. The standard InChI is InChI=1S/C24H28FN7O/c1-13-19-9-17(25)5-6-18(19)22(26)15(11-29-2)7-20(32-28)23(30-10-14-3-4-14)16-8-21(33-13)24(27)31-12-16/h5-6,8-9,11-14H,3-4,7,10,26,28H2,1-2H3,(H2,27,31). The Kier molecular flexibility index (Phi) is 6.39. The van der Waals surface area contributed by atoms with Gasteiger partial charge in [0.25, 0.3) is 0 Å².